The van der Waals surface area contributed by atoms with Crippen LogP contribution in [0, 0.1) is 6.92 Å². The van der Waals surface area contributed by atoms with E-state index in [0.717, 1.165) is 24.6 Å². The Hall–Kier alpha value is -1.77. The Bertz CT molecular complexity index is 478. The lowest BCUT2D eigenvalue weighted by Gasteiger charge is -2.01. The number of aryl methyl sites for hydroxylation is 1. The van der Waals surface area contributed by atoms with E-state index in [2.05, 4.69) is 47.7 Å². The minimum atomic E-state index is 0.973. The average Bonchev–Trinajstić information content (AvgIpc) is 2.77. The summed E-state index contributed by atoms with van der Waals surface area (Å²) in [4.78, 5) is 0. The second-order valence-corrected chi connectivity index (χ2v) is 3.88. The van der Waals surface area contributed by atoms with Gasteiger partial charge in [-0.15, -0.1) is 0 Å². The quantitative estimate of drug-likeness (QED) is 0.763. The van der Waals surface area contributed by atoms with Crippen LogP contribution in [0.25, 0.3) is 11.3 Å². The molecular weight excluding hydrogens is 186 g/mol. The van der Waals surface area contributed by atoms with Crippen molar-refractivity contribution in [2.45, 2.75) is 13.5 Å². The maximum atomic E-state index is 4.58. The first-order valence-electron chi connectivity index (χ1n) is 5.22. The van der Waals surface area contributed by atoms with Gasteiger partial charge >= 0.3 is 0 Å². The molecule has 0 saturated heterocycles. The van der Waals surface area contributed by atoms with E-state index in [-0.39, 0.29) is 0 Å². The van der Waals surface area contributed by atoms with Gasteiger partial charge in [-0.05, 0) is 12.5 Å². The minimum Gasteiger partial charge on any atom is -0.368 e. The van der Waals surface area contributed by atoms with Crippen LogP contribution >= 0.6 is 0 Å². The number of nitrogens with one attached hydrogen (secondary N) is 1. The summed E-state index contributed by atoms with van der Waals surface area (Å²) < 4.78 is 2.03. The van der Waals surface area contributed by atoms with Crippen molar-refractivity contribution in [3.05, 3.63) is 35.9 Å². The molecule has 76 valence electrons. The third-order valence-electron chi connectivity index (χ3n) is 2.83. The van der Waals surface area contributed by atoms with Crippen LogP contribution in [0.1, 0.15) is 5.56 Å². The zero-order valence-electron chi connectivity index (χ0n) is 8.70. The van der Waals surface area contributed by atoms with Gasteiger partial charge in [0.2, 0.25) is 0 Å². The molecule has 0 amide bonds. The second kappa shape index (κ2) is 3.12. The molecule has 0 atom stereocenters. The molecule has 0 unspecified atom stereocenters. The molecular formula is C12H13N3. The van der Waals surface area contributed by atoms with Gasteiger partial charge in [0, 0.05) is 18.2 Å². The summed E-state index contributed by atoms with van der Waals surface area (Å²) >= 11 is 0. The van der Waals surface area contributed by atoms with Crippen LogP contribution in [-0.2, 0) is 6.54 Å². The third-order valence-corrected chi connectivity index (χ3v) is 2.83. The number of fused-ring (bicyclic) bond motifs is 1. The third kappa shape index (κ3) is 1.31. The number of hydrogen-bond acceptors (Lipinski definition) is 2. The monoisotopic (exact) mass is 199 g/mol. The van der Waals surface area contributed by atoms with Crippen molar-refractivity contribution in [2.75, 3.05) is 11.9 Å². The lowest BCUT2D eigenvalue weighted by Crippen LogP contribution is -1.97. The number of hydrogen-bond donors (Lipinski definition) is 1. The summed E-state index contributed by atoms with van der Waals surface area (Å²) in [5.74, 6) is 1.13. The molecule has 1 N–H and O–H groups in total. The highest BCUT2D eigenvalue weighted by atomic mass is 15.4. The Morgan fingerprint density at radius 3 is 3.00 bits per heavy atom. The smallest absolute Gasteiger partial charge is 0.125 e. The first kappa shape index (κ1) is 8.53. The molecule has 3 rings (SSSR count). The highest BCUT2D eigenvalue weighted by Gasteiger charge is 2.14. The number of benzene rings is 1. The maximum absolute atomic E-state index is 4.58. The van der Waals surface area contributed by atoms with E-state index >= 15 is 0 Å². The van der Waals surface area contributed by atoms with E-state index in [1.807, 2.05) is 4.68 Å². The Balaban J connectivity index is 2.10. The zero-order chi connectivity index (χ0) is 10.3. The van der Waals surface area contributed by atoms with Crippen molar-refractivity contribution in [2.24, 2.45) is 0 Å². The molecule has 0 spiro atoms. The normalized spacial score (nSPS) is 13.7. The fraction of sp³-hybridized carbons (Fsp3) is 0.250. The van der Waals surface area contributed by atoms with Gasteiger partial charge < -0.3 is 5.32 Å². The second-order valence-electron chi connectivity index (χ2n) is 3.88. The van der Waals surface area contributed by atoms with Gasteiger partial charge in [0.05, 0.1) is 12.2 Å². The predicted molar refractivity (Wildman–Crippen MR) is 60.9 cm³/mol. The molecule has 1 aromatic carbocycles. The van der Waals surface area contributed by atoms with Crippen LogP contribution in [0.5, 0.6) is 0 Å². The van der Waals surface area contributed by atoms with Gasteiger partial charge in [-0.2, -0.15) is 5.10 Å². The van der Waals surface area contributed by atoms with Crippen molar-refractivity contribution in [1.29, 1.82) is 0 Å². The highest BCUT2D eigenvalue weighted by Crippen LogP contribution is 2.26. The van der Waals surface area contributed by atoms with E-state index in [1.165, 1.54) is 11.1 Å². The number of nitrogens with zero attached hydrogens (tertiary/aromatic N) is 2. The summed E-state index contributed by atoms with van der Waals surface area (Å²) in [6.45, 7) is 4.09. The van der Waals surface area contributed by atoms with Gasteiger partial charge in [0.15, 0.2) is 0 Å². The first-order chi connectivity index (χ1) is 7.34. The van der Waals surface area contributed by atoms with Gasteiger partial charge in [-0.25, -0.2) is 4.68 Å². The Morgan fingerprint density at radius 2 is 2.20 bits per heavy atom. The van der Waals surface area contributed by atoms with Crippen LogP contribution in [0.2, 0.25) is 0 Å². The minimum absolute atomic E-state index is 0.973. The molecule has 1 aliphatic heterocycles. The molecule has 0 saturated carbocycles. The molecule has 2 aromatic rings. The fourth-order valence-electron chi connectivity index (χ4n) is 2.01. The molecule has 2 heterocycles. The summed E-state index contributed by atoms with van der Waals surface area (Å²) in [5.41, 5.74) is 3.56. The molecule has 0 bridgehead atoms. The SMILES string of the molecule is Cc1ccccc1-c1cc2n(n1)CCN2. The van der Waals surface area contributed by atoms with Crippen LogP contribution in [0.15, 0.2) is 30.3 Å². The van der Waals surface area contributed by atoms with Crippen molar-refractivity contribution in [3.8, 4) is 11.3 Å². The van der Waals surface area contributed by atoms with Gasteiger partial charge in [0.25, 0.3) is 0 Å². The van der Waals surface area contributed by atoms with Crippen LogP contribution < -0.4 is 5.32 Å². The first-order valence-corrected chi connectivity index (χ1v) is 5.22. The molecule has 1 aromatic heterocycles. The Labute approximate surface area is 88.7 Å². The molecule has 3 nitrogen and oxygen atoms in total. The Morgan fingerprint density at radius 1 is 1.33 bits per heavy atom. The summed E-state index contributed by atoms with van der Waals surface area (Å²) in [6.07, 6.45) is 0. The van der Waals surface area contributed by atoms with E-state index in [0.29, 0.717) is 0 Å². The van der Waals surface area contributed by atoms with Gasteiger partial charge in [0.1, 0.15) is 5.82 Å². The predicted octanol–water partition coefficient (Wildman–Crippen LogP) is 2.28. The average molecular weight is 199 g/mol. The van der Waals surface area contributed by atoms with E-state index in [1.54, 1.807) is 0 Å². The van der Waals surface area contributed by atoms with Crippen molar-refractivity contribution in [1.82, 2.24) is 9.78 Å². The molecule has 0 aliphatic carbocycles. The van der Waals surface area contributed by atoms with Crippen molar-refractivity contribution < 1.29 is 0 Å². The van der Waals surface area contributed by atoms with Crippen LogP contribution in [0.4, 0.5) is 5.82 Å². The summed E-state index contributed by atoms with van der Waals surface area (Å²) in [6, 6.07) is 10.5. The summed E-state index contributed by atoms with van der Waals surface area (Å²) in [5, 5.41) is 7.89. The van der Waals surface area contributed by atoms with E-state index in [9.17, 15) is 0 Å². The lowest BCUT2D eigenvalue weighted by molar-refractivity contribution is 0.699. The van der Waals surface area contributed by atoms with Crippen molar-refractivity contribution >= 4 is 5.82 Å². The molecule has 0 fully saturated rings. The number of anilines is 1. The highest BCUT2D eigenvalue weighted by molar-refractivity contribution is 5.66. The number of aromatic nitrogens is 2. The molecule has 15 heavy (non-hydrogen) atoms. The standard InChI is InChI=1S/C12H13N3/c1-9-4-2-3-5-10(9)11-8-12-13-6-7-15(12)14-11/h2-5,8,13H,6-7H2,1H3. The van der Waals surface area contributed by atoms with E-state index < -0.39 is 0 Å². The van der Waals surface area contributed by atoms with Gasteiger partial charge in [-0.3, -0.25) is 0 Å². The topological polar surface area (TPSA) is 29.9 Å². The van der Waals surface area contributed by atoms with Crippen LogP contribution in [0.3, 0.4) is 0 Å². The molecule has 1 aliphatic rings. The molecule has 0 radical (unpaired) electrons. The largest absolute Gasteiger partial charge is 0.368 e. The lowest BCUT2D eigenvalue weighted by atomic mass is 10.1. The fourth-order valence-corrected chi connectivity index (χ4v) is 2.01. The molecule has 3 heteroatoms. The van der Waals surface area contributed by atoms with Gasteiger partial charge in [-0.1, -0.05) is 24.3 Å². The van der Waals surface area contributed by atoms with Crippen molar-refractivity contribution in [3.63, 3.8) is 0 Å². The maximum Gasteiger partial charge on any atom is 0.125 e. The van der Waals surface area contributed by atoms with E-state index in [4.69, 9.17) is 0 Å². The van der Waals surface area contributed by atoms with Crippen LogP contribution in [-0.4, -0.2) is 16.3 Å². The number of rotatable bonds is 1. The Kier molecular flexibility index (Phi) is 1.78. The zero-order valence-corrected chi connectivity index (χ0v) is 8.70. The summed E-state index contributed by atoms with van der Waals surface area (Å²) in [7, 11) is 0.